The Labute approximate surface area is 184 Å². The van der Waals surface area contributed by atoms with Crippen molar-refractivity contribution >= 4 is 23.3 Å². The van der Waals surface area contributed by atoms with Crippen LogP contribution >= 0.6 is 0 Å². The Balaban J connectivity index is 1.75. The predicted molar refractivity (Wildman–Crippen MR) is 125 cm³/mol. The van der Waals surface area contributed by atoms with Crippen LogP contribution in [0.1, 0.15) is 29.3 Å². The second-order valence-electron chi connectivity index (χ2n) is 7.89. The van der Waals surface area contributed by atoms with Crippen molar-refractivity contribution in [3.05, 3.63) is 59.7 Å². The molecule has 1 saturated heterocycles. The number of guanidine groups is 1. The molecule has 2 aromatic rings. The minimum atomic E-state index is -0.942. The molecule has 0 unspecified atom stereocenters. The number of hydrogen-bond donors (Lipinski definition) is 2. The highest BCUT2D eigenvalue weighted by molar-refractivity contribution is 5.96. The third kappa shape index (κ3) is 6.21. The zero-order valence-electron chi connectivity index (χ0n) is 18.5. The number of carbonyl (C=O) groups is 1. The molecule has 7 heteroatoms. The molecule has 7 nitrogen and oxygen atoms in total. The topological polar surface area (TPSA) is 77.4 Å². The molecule has 0 aromatic heterocycles. The van der Waals surface area contributed by atoms with Crippen LogP contribution < -0.4 is 10.2 Å². The van der Waals surface area contributed by atoms with E-state index < -0.39 is 5.97 Å². The third-order valence-corrected chi connectivity index (χ3v) is 5.39. The fraction of sp³-hybridized carbons (Fsp3) is 0.417. The summed E-state index contributed by atoms with van der Waals surface area (Å²) in [5, 5.41) is 12.7. The Kier molecular flexibility index (Phi) is 7.89. The van der Waals surface area contributed by atoms with Gasteiger partial charge in [-0.05, 0) is 56.2 Å². The van der Waals surface area contributed by atoms with Gasteiger partial charge in [-0.25, -0.2) is 4.79 Å². The molecule has 1 fully saturated rings. The third-order valence-electron chi connectivity index (χ3n) is 5.39. The first-order chi connectivity index (χ1) is 15.0. The molecule has 0 radical (unpaired) electrons. The minimum absolute atomic E-state index is 0.251. The molecular formula is C24H32N4O3. The Morgan fingerprint density at radius 1 is 1.23 bits per heavy atom. The summed E-state index contributed by atoms with van der Waals surface area (Å²) in [4.78, 5) is 20.8. The number of nitrogens with zero attached hydrogens (tertiary/aromatic N) is 3. The quantitative estimate of drug-likeness (QED) is 0.401. The van der Waals surface area contributed by atoms with Crippen LogP contribution in [0.4, 0.5) is 11.4 Å². The van der Waals surface area contributed by atoms with E-state index in [0.717, 1.165) is 37.7 Å². The van der Waals surface area contributed by atoms with Crippen LogP contribution in [0.15, 0.2) is 53.5 Å². The van der Waals surface area contributed by atoms with Gasteiger partial charge in [0.2, 0.25) is 0 Å². The molecule has 1 aliphatic heterocycles. The Morgan fingerprint density at radius 2 is 2.03 bits per heavy atom. The number of carboxylic acid groups (broad SMARTS) is 1. The van der Waals surface area contributed by atoms with E-state index >= 15 is 0 Å². The summed E-state index contributed by atoms with van der Waals surface area (Å²) in [6, 6.07) is 15.7. The molecule has 0 aliphatic carbocycles. The van der Waals surface area contributed by atoms with Gasteiger partial charge in [0, 0.05) is 57.3 Å². The number of ether oxygens (including phenoxy) is 1. The van der Waals surface area contributed by atoms with Crippen LogP contribution in [0.2, 0.25) is 0 Å². The Hall–Kier alpha value is -3.06. The highest BCUT2D eigenvalue weighted by atomic mass is 16.5. The maximum absolute atomic E-state index is 11.3. The van der Waals surface area contributed by atoms with Crippen LogP contribution in [0, 0.1) is 6.92 Å². The first kappa shape index (κ1) is 22.6. The molecule has 1 aliphatic rings. The number of aliphatic imine (C=N–C) groups is 1. The fourth-order valence-electron chi connectivity index (χ4n) is 3.81. The van der Waals surface area contributed by atoms with Crippen molar-refractivity contribution in [3.63, 3.8) is 0 Å². The summed E-state index contributed by atoms with van der Waals surface area (Å²) in [7, 11) is 1.69. The lowest BCUT2D eigenvalue weighted by molar-refractivity contribution is 0.0697. The lowest BCUT2D eigenvalue weighted by Crippen LogP contribution is -2.55. The van der Waals surface area contributed by atoms with Crippen LogP contribution in [0.3, 0.4) is 0 Å². The number of piperazine rings is 1. The normalized spacial score (nSPS) is 17.0. The second kappa shape index (κ2) is 10.8. The molecule has 2 aromatic carbocycles. The first-order valence-electron chi connectivity index (χ1n) is 10.7. The van der Waals surface area contributed by atoms with E-state index in [4.69, 9.17) is 9.73 Å². The molecule has 166 valence electrons. The van der Waals surface area contributed by atoms with Gasteiger partial charge in [-0.15, -0.1) is 0 Å². The largest absolute Gasteiger partial charge is 0.478 e. The number of nitrogens with one attached hydrogen (secondary N) is 1. The molecule has 1 atom stereocenters. The molecule has 2 N–H and O–H groups in total. The van der Waals surface area contributed by atoms with Crippen molar-refractivity contribution in [1.29, 1.82) is 0 Å². The molecular weight excluding hydrogens is 392 g/mol. The highest BCUT2D eigenvalue weighted by Gasteiger charge is 2.26. The van der Waals surface area contributed by atoms with Crippen LogP contribution in [-0.4, -0.2) is 67.9 Å². The van der Waals surface area contributed by atoms with E-state index in [9.17, 15) is 9.90 Å². The average molecular weight is 425 g/mol. The number of aromatic carboxylic acids is 1. The SMILES string of the molecule is COCCCN=C(Nc1cccc(C(=O)O)c1)N1CCN(c2cccc(C)c2)[C@H](C)C1. The summed E-state index contributed by atoms with van der Waals surface area (Å²) in [5.41, 5.74) is 3.47. The maximum atomic E-state index is 11.3. The lowest BCUT2D eigenvalue weighted by Gasteiger charge is -2.42. The van der Waals surface area contributed by atoms with Gasteiger partial charge in [0.1, 0.15) is 0 Å². The van der Waals surface area contributed by atoms with E-state index in [1.54, 1.807) is 25.3 Å². The van der Waals surface area contributed by atoms with Gasteiger partial charge in [-0.3, -0.25) is 4.99 Å². The van der Waals surface area contributed by atoms with Crippen LogP contribution in [-0.2, 0) is 4.74 Å². The van der Waals surface area contributed by atoms with Crippen molar-refractivity contribution in [2.75, 3.05) is 50.1 Å². The van der Waals surface area contributed by atoms with Gasteiger partial charge >= 0.3 is 5.97 Å². The smallest absolute Gasteiger partial charge is 0.335 e. The number of aryl methyl sites for hydroxylation is 1. The van der Waals surface area contributed by atoms with Crippen LogP contribution in [0.5, 0.6) is 0 Å². The number of methoxy groups -OCH3 is 1. The van der Waals surface area contributed by atoms with Gasteiger partial charge in [0.05, 0.1) is 5.56 Å². The molecule has 0 spiro atoms. The second-order valence-corrected chi connectivity index (χ2v) is 7.89. The van der Waals surface area contributed by atoms with Gasteiger partial charge in [-0.1, -0.05) is 18.2 Å². The van der Waals surface area contributed by atoms with Gasteiger partial charge < -0.3 is 25.0 Å². The van der Waals surface area contributed by atoms with E-state index in [1.165, 1.54) is 11.3 Å². The summed E-state index contributed by atoms with van der Waals surface area (Å²) in [6.07, 6.45) is 0.829. The molecule has 0 amide bonds. The fourth-order valence-corrected chi connectivity index (χ4v) is 3.81. The zero-order chi connectivity index (χ0) is 22.2. The lowest BCUT2D eigenvalue weighted by atomic mass is 10.1. The van der Waals surface area contributed by atoms with Crippen molar-refractivity contribution in [1.82, 2.24) is 4.90 Å². The number of anilines is 2. The summed E-state index contributed by atoms with van der Waals surface area (Å²) >= 11 is 0. The molecule has 1 heterocycles. The summed E-state index contributed by atoms with van der Waals surface area (Å²) in [5.74, 6) is -0.169. The van der Waals surface area contributed by atoms with Crippen molar-refractivity contribution in [3.8, 4) is 0 Å². The van der Waals surface area contributed by atoms with E-state index in [0.29, 0.717) is 19.2 Å². The van der Waals surface area contributed by atoms with E-state index in [-0.39, 0.29) is 5.56 Å². The van der Waals surface area contributed by atoms with Crippen LogP contribution in [0.25, 0.3) is 0 Å². The number of hydrogen-bond acceptors (Lipinski definition) is 4. The summed E-state index contributed by atoms with van der Waals surface area (Å²) < 4.78 is 5.14. The summed E-state index contributed by atoms with van der Waals surface area (Å²) in [6.45, 7) is 8.17. The number of benzene rings is 2. The number of rotatable bonds is 7. The van der Waals surface area contributed by atoms with Gasteiger partial charge in [0.15, 0.2) is 5.96 Å². The standard InChI is InChI=1S/C24H32N4O3/c1-18-7-4-10-22(15-18)28-13-12-27(17-19(28)2)24(25-11-6-14-31-3)26-21-9-5-8-20(16-21)23(29)30/h4-5,7-10,15-16,19H,6,11-14,17H2,1-3H3,(H,25,26)(H,29,30)/t19-/m1/s1. The number of carboxylic acids is 1. The molecule has 0 saturated carbocycles. The molecule has 3 rings (SSSR count). The highest BCUT2D eigenvalue weighted by Crippen LogP contribution is 2.22. The maximum Gasteiger partial charge on any atom is 0.335 e. The zero-order valence-corrected chi connectivity index (χ0v) is 18.5. The molecule has 0 bridgehead atoms. The molecule has 31 heavy (non-hydrogen) atoms. The van der Waals surface area contributed by atoms with Gasteiger partial charge in [0.25, 0.3) is 0 Å². The minimum Gasteiger partial charge on any atom is -0.478 e. The van der Waals surface area contributed by atoms with Crippen molar-refractivity contribution in [2.24, 2.45) is 4.99 Å². The Morgan fingerprint density at radius 3 is 2.74 bits per heavy atom. The van der Waals surface area contributed by atoms with Gasteiger partial charge in [-0.2, -0.15) is 0 Å². The van der Waals surface area contributed by atoms with E-state index in [1.807, 2.05) is 6.07 Å². The predicted octanol–water partition coefficient (Wildman–Crippen LogP) is 3.71. The van der Waals surface area contributed by atoms with Crippen molar-refractivity contribution in [2.45, 2.75) is 26.3 Å². The van der Waals surface area contributed by atoms with E-state index in [2.05, 4.69) is 53.2 Å². The van der Waals surface area contributed by atoms with Crippen molar-refractivity contribution < 1.29 is 14.6 Å². The average Bonchev–Trinajstić information content (AvgIpc) is 2.76. The Bertz CT molecular complexity index is 915. The monoisotopic (exact) mass is 424 g/mol. The first-order valence-corrected chi connectivity index (χ1v) is 10.7.